The standard InChI is InChI=1S/C15H11F3OS/c1-10(14-7-6-13(17)8-15(14)18)20(19)9-11-2-4-12(16)5-3-11/h2-8H,1,9H2. The third kappa shape index (κ3) is 3.36. The predicted octanol–water partition coefficient (Wildman–Crippen LogP) is 4.02. The smallest absolute Gasteiger partial charge is 0.134 e. The van der Waals surface area contributed by atoms with Gasteiger partial charge in [0.1, 0.15) is 17.5 Å². The van der Waals surface area contributed by atoms with Crippen LogP contribution in [0, 0.1) is 17.5 Å². The average Bonchev–Trinajstić information content (AvgIpc) is 2.40. The fraction of sp³-hybridized carbons (Fsp3) is 0.0667. The molecule has 2 aromatic rings. The molecule has 0 N–H and O–H groups in total. The fourth-order valence-corrected chi connectivity index (χ4v) is 2.74. The van der Waals surface area contributed by atoms with Crippen molar-refractivity contribution in [1.82, 2.24) is 0 Å². The van der Waals surface area contributed by atoms with E-state index in [1.807, 2.05) is 0 Å². The molecule has 0 aromatic heterocycles. The van der Waals surface area contributed by atoms with Gasteiger partial charge in [-0.2, -0.15) is 0 Å². The Morgan fingerprint density at radius 1 is 1.00 bits per heavy atom. The number of halogens is 3. The molecule has 20 heavy (non-hydrogen) atoms. The molecule has 0 saturated carbocycles. The van der Waals surface area contributed by atoms with Gasteiger partial charge < -0.3 is 0 Å². The fourth-order valence-electron chi connectivity index (χ4n) is 1.66. The second kappa shape index (κ2) is 6.05. The molecule has 0 aliphatic heterocycles. The lowest BCUT2D eigenvalue weighted by atomic mass is 10.2. The first kappa shape index (κ1) is 14.5. The van der Waals surface area contributed by atoms with E-state index >= 15 is 0 Å². The number of hydrogen-bond acceptors (Lipinski definition) is 1. The highest BCUT2D eigenvalue weighted by Crippen LogP contribution is 2.23. The Morgan fingerprint density at radius 2 is 1.60 bits per heavy atom. The van der Waals surface area contributed by atoms with Gasteiger partial charge in [-0.15, -0.1) is 0 Å². The Morgan fingerprint density at radius 3 is 2.20 bits per heavy atom. The van der Waals surface area contributed by atoms with E-state index in [2.05, 4.69) is 6.58 Å². The minimum atomic E-state index is -1.57. The van der Waals surface area contributed by atoms with Crippen LogP contribution in [-0.4, -0.2) is 4.21 Å². The highest BCUT2D eigenvalue weighted by Gasteiger charge is 2.13. The van der Waals surface area contributed by atoms with Crippen LogP contribution in [0.1, 0.15) is 11.1 Å². The summed E-state index contributed by atoms with van der Waals surface area (Å²) in [6, 6.07) is 8.52. The minimum Gasteiger partial charge on any atom is -0.254 e. The predicted molar refractivity (Wildman–Crippen MR) is 73.6 cm³/mol. The summed E-state index contributed by atoms with van der Waals surface area (Å²) in [6.45, 7) is 3.59. The quantitative estimate of drug-likeness (QED) is 0.832. The molecule has 0 spiro atoms. The van der Waals surface area contributed by atoms with Crippen molar-refractivity contribution >= 4 is 15.7 Å². The first-order valence-electron chi connectivity index (χ1n) is 5.74. The zero-order chi connectivity index (χ0) is 14.7. The topological polar surface area (TPSA) is 17.1 Å². The van der Waals surface area contributed by atoms with E-state index in [-0.39, 0.29) is 22.0 Å². The molecule has 0 saturated heterocycles. The average molecular weight is 296 g/mol. The summed E-state index contributed by atoms with van der Waals surface area (Å²) in [4.78, 5) is 0.0758. The second-order valence-corrected chi connectivity index (χ2v) is 5.64. The largest absolute Gasteiger partial charge is 0.254 e. The Labute approximate surface area is 117 Å². The SMILES string of the molecule is C=C(c1ccc(F)cc1F)S(=O)Cc1ccc(F)cc1. The Kier molecular flexibility index (Phi) is 4.39. The van der Waals surface area contributed by atoms with Crippen molar-refractivity contribution in [2.75, 3.05) is 0 Å². The second-order valence-electron chi connectivity index (χ2n) is 4.16. The summed E-state index contributed by atoms with van der Waals surface area (Å²) < 4.78 is 51.2. The first-order valence-corrected chi connectivity index (χ1v) is 7.06. The molecule has 1 unspecified atom stereocenters. The number of hydrogen-bond donors (Lipinski definition) is 0. The molecule has 0 fully saturated rings. The van der Waals surface area contributed by atoms with E-state index in [0.717, 1.165) is 12.1 Å². The molecule has 0 bridgehead atoms. The summed E-state index contributed by atoms with van der Waals surface area (Å²) in [7, 11) is -1.57. The highest BCUT2D eigenvalue weighted by atomic mass is 32.2. The summed E-state index contributed by atoms with van der Waals surface area (Å²) >= 11 is 0. The molecule has 104 valence electrons. The van der Waals surface area contributed by atoms with E-state index < -0.39 is 22.4 Å². The molecule has 1 nitrogen and oxygen atoms in total. The van der Waals surface area contributed by atoms with Gasteiger partial charge in [-0.1, -0.05) is 18.7 Å². The normalized spacial score (nSPS) is 12.2. The molecule has 2 aromatic carbocycles. The van der Waals surface area contributed by atoms with Gasteiger partial charge in [0.25, 0.3) is 0 Å². The highest BCUT2D eigenvalue weighted by molar-refractivity contribution is 7.93. The van der Waals surface area contributed by atoms with Crippen molar-refractivity contribution in [2.24, 2.45) is 0 Å². The monoisotopic (exact) mass is 296 g/mol. The van der Waals surface area contributed by atoms with Crippen LogP contribution < -0.4 is 0 Å². The van der Waals surface area contributed by atoms with Crippen molar-refractivity contribution < 1.29 is 17.4 Å². The summed E-state index contributed by atoms with van der Waals surface area (Å²) in [5.41, 5.74) is 0.667. The Hall–Kier alpha value is -1.88. The van der Waals surface area contributed by atoms with Crippen molar-refractivity contribution in [3.8, 4) is 0 Å². The maximum atomic E-state index is 13.6. The van der Waals surface area contributed by atoms with Gasteiger partial charge in [0.2, 0.25) is 0 Å². The maximum Gasteiger partial charge on any atom is 0.134 e. The molecule has 5 heteroatoms. The summed E-state index contributed by atoms with van der Waals surface area (Å²) in [5.74, 6) is -1.80. The molecule has 1 atom stereocenters. The lowest BCUT2D eigenvalue weighted by Crippen LogP contribution is -2.00. The summed E-state index contributed by atoms with van der Waals surface area (Å²) in [5, 5.41) is 0. The molecule has 0 amide bonds. The zero-order valence-electron chi connectivity index (χ0n) is 10.4. The lowest BCUT2D eigenvalue weighted by molar-refractivity contribution is 0.581. The van der Waals surface area contributed by atoms with E-state index in [9.17, 15) is 17.4 Å². The van der Waals surface area contributed by atoms with Gasteiger partial charge in [0.15, 0.2) is 0 Å². The van der Waals surface area contributed by atoms with E-state index in [0.29, 0.717) is 5.56 Å². The lowest BCUT2D eigenvalue weighted by Gasteiger charge is -2.07. The van der Waals surface area contributed by atoms with E-state index in [1.165, 1.54) is 30.3 Å². The van der Waals surface area contributed by atoms with Crippen LogP contribution in [0.5, 0.6) is 0 Å². The molecule has 2 rings (SSSR count). The molecular weight excluding hydrogens is 285 g/mol. The third-order valence-electron chi connectivity index (χ3n) is 2.72. The van der Waals surface area contributed by atoms with Crippen LogP contribution in [0.25, 0.3) is 4.91 Å². The van der Waals surface area contributed by atoms with Gasteiger partial charge >= 0.3 is 0 Å². The number of rotatable bonds is 4. The van der Waals surface area contributed by atoms with Crippen molar-refractivity contribution in [3.05, 3.63) is 77.6 Å². The molecule has 0 radical (unpaired) electrons. The molecule has 0 heterocycles. The molecule has 0 aliphatic carbocycles. The van der Waals surface area contributed by atoms with Crippen molar-refractivity contribution in [2.45, 2.75) is 5.75 Å². The maximum absolute atomic E-state index is 13.6. The summed E-state index contributed by atoms with van der Waals surface area (Å²) in [6.07, 6.45) is 0. The van der Waals surface area contributed by atoms with Gasteiger partial charge in [0, 0.05) is 16.5 Å². The van der Waals surface area contributed by atoms with Gasteiger partial charge in [0.05, 0.1) is 16.6 Å². The van der Waals surface area contributed by atoms with Crippen LogP contribution >= 0.6 is 0 Å². The van der Waals surface area contributed by atoms with Crippen LogP contribution in [0.2, 0.25) is 0 Å². The van der Waals surface area contributed by atoms with E-state index in [4.69, 9.17) is 0 Å². The Bertz CT molecular complexity index is 665. The van der Waals surface area contributed by atoms with Crippen LogP contribution in [0.15, 0.2) is 49.0 Å². The van der Waals surface area contributed by atoms with Crippen LogP contribution in [-0.2, 0) is 16.6 Å². The van der Waals surface area contributed by atoms with Crippen LogP contribution in [0.4, 0.5) is 13.2 Å². The van der Waals surface area contributed by atoms with Crippen molar-refractivity contribution in [1.29, 1.82) is 0 Å². The van der Waals surface area contributed by atoms with Gasteiger partial charge in [-0.05, 0) is 29.8 Å². The minimum absolute atomic E-state index is 0.0202. The van der Waals surface area contributed by atoms with Crippen LogP contribution in [0.3, 0.4) is 0 Å². The zero-order valence-corrected chi connectivity index (χ0v) is 11.2. The van der Waals surface area contributed by atoms with Gasteiger partial charge in [-0.25, -0.2) is 13.2 Å². The number of benzene rings is 2. The molecular formula is C15H11F3OS. The first-order chi connectivity index (χ1) is 9.47. The van der Waals surface area contributed by atoms with Crippen molar-refractivity contribution in [3.63, 3.8) is 0 Å². The third-order valence-corrected chi connectivity index (χ3v) is 4.08. The Balaban J connectivity index is 2.16. The van der Waals surface area contributed by atoms with Gasteiger partial charge in [-0.3, -0.25) is 4.21 Å². The molecule has 0 aliphatic rings. The van der Waals surface area contributed by atoms with E-state index in [1.54, 1.807) is 0 Å².